The molecule has 2 atom stereocenters. The van der Waals surface area contributed by atoms with E-state index in [4.69, 9.17) is 5.26 Å². The quantitative estimate of drug-likeness (QED) is 0.668. The van der Waals surface area contributed by atoms with Gasteiger partial charge in [-0.15, -0.1) is 0 Å². The molecule has 1 saturated carbocycles. The number of hydrogen-bond donors (Lipinski definition) is 0. The molecule has 2 rings (SSSR count). The van der Waals surface area contributed by atoms with Crippen LogP contribution in [-0.2, 0) is 14.4 Å². The molecule has 1 heterocycles. The van der Waals surface area contributed by atoms with E-state index in [0.717, 1.165) is 4.90 Å². The molecule has 1 aliphatic carbocycles. The van der Waals surface area contributed by atoms with Crippen LogP contribution in [0.5, 0.6) is 0 Å². The Balaban J connectivity index is 1.95. The molecule has 0 bridgehead atoms. The molecule has 0 aromatic rings. The van der Waals surface area contributed by atoms with E-state index < -0.39 is 0 Å². The highest BCUT2D eigenvalue weighted by atomic mass is 16.2. The Morgan fingerprint density at radius 2 is 1.89 bits per heavy atom. The Hall–Kier alpha value is -1.90. The molecule has 1 aliphatic heterocycles. The summed E-state index contributed by atoms with van der Waals surface area (Å²) in [5.74, 6) is -1.28. The van der Waals surface area contributed by atoms with Crippen molar-refractivity contribution in [2.75, 3.05) is 20.1 Å². The number of carbonyl (C=O) groups is 3. The fourth-order valence-electron chi connectivity index (χ4n) is 2.76. The summed E-state index contributed by atoms with van der Waals surface area (Å²) < 4.78 is 0. The average molecular weight is 263 g/mol. The van der Waals surface area contributed by atoms with E-state index >= 15 is 0 Å². The van der Waals surface area contributed by atoms with Crippen molar-refractivity contribution in [2.45, 2.75) is 20.3 Å². The molecule has 0 N–H and O–H groups in total. The molecule has 1 saturated heterocycles. The van der Waals surface area contributed by atoms with Crippen molar-refractivity contribution < 1.29 is 14.4 Å². The molecule has 0 spiro atoms. The normalized spacial score (nSPS) is 26.9. The predicted octanol–water partition coefficient (Wildman–Crippen LogP) is -0.000520. The first kappa shape index (κ1) is 13.5. The van der Waals surface area contributed by atoms with Gasteiger partial charge in [0.2, 0.25) is 17.7 Å². The second kappa shape index (κ2) is 4.34. The molecule has 3 amide bonds. The minimum Gasteiger partial charge on any atom is -0.343 e. The van der Waals surface area contributed by atoms with Crippen molar-refractivity contribution in [2.24, 2.45) is 17.3 Å². The number of amides is 3. The van der Waals surface area contributed by atoms with Gasteiger partial charge in [-0.1, -0.05) is 13.8 Å². The van der Waals surface area contributed by atoms with Crippen LogP contribution in [0.1, 0.15) is 20.3 Å². The lowest BCUT2D eigenvalue weighted by atomic mass is 10.1. The van der Waals surface area contributed by atoms with Gasteiger partial charge in [-0.3, -0.25) is 19.3 Å². The highest BCUT2D eigenvalue weighted by molar-refractivity contribution is 6.12. The lowest BCUT2D eigenvalue weighted by Gasteiger charge is -2.23. The molecular weight excluding hydrogens is 246 g/mol. The SMILES string of the molecule is CN(CCC#N)C(=O)CN1C(=O)C2C(C1=O)C2(C)C. The molecule has 2 unspecified atom stereocenters. The summed E-state index contributed by atoms with van der Waals surface area (Å²) in [5.41, 5.74) is -0.250. The fourth-order valence-corrected chi connectivity index (χ4v) is 2.76. The zero-order valence-electron chi connectivity index (χ0n) is 11.3. The van der Waals surface area contributed by atoms with Crippen molar-refractivity contribution in [1.82, 2.24) is 9.80 Å². The van der Waals surface area contributed by atoms with Gasteiger partial charge in [-0.2, -0.15) is 5.26 Å². The van der Waals surface area contributed by atoms with Crippen molar-refractivity contribution in [3.8, 4) is 6.07 Å². The van der Waals surface area contributed by atoms with Gasteiger partial charge in [-0.05, 0) is 5.41 Å². The third kappa shape index (κ3) is 1.99. The Morgan fingerprint density at radius 1 is 1.37 bits per heavy atom. The van der Waals surface area contributed by atoms with Crippen molar-refractivity contribution in [1.29, 1.82) is 5.26 Å². The van der Waals surface area contributed by atoms with Crippen LogP contribution in [0.4, 0.5) is 0 Å². The average Bonchev–Trinajstić information content (AvgIpc) is 2.83. The largest absolute Gasteiger partial charge is 0.343 e. The molecule has 6 nitrogen and oxygen atoms in total. The molecule has 0 aromatic heterocycles. The minimum absolute atomic E-state index is 0.206. The van der Waals surface area contributed by atoms with E-state index in [0.29, 0.717) is 6.54 Å². The van der Waals surface area contributed by atoms with Gasteiger partial charge >= 0.3 is 0 Å². The van der Waals surface area contributed by atoms with Gasteiger partial charge in [-0.25, -0.2) is 0 Å². The number of likely N-dealkylation sites (N-methyl/N-ethyl adjacent to an activating group) is 1. The number of nitriles is 1. The van der Waals surface area contributed by atoms with Crippen LogP contribution in [0.2, 0.25) is 0 Å². The zero-order valence-corrected chi connectivity index (χ0v) is 11.3. The van der Waals surface area contributed by atoms with Crippen LogP contribution in [0.25, 0.3) is 0 Å². The molecule has 2 fully saturated rings. The zero-order chi connectivity index (χ0) is 14.4. The van der Waals surface area contributed by atoms with E-state index in [1.807, 2.05) is 19.9 Å². The minimum atomic E-state index is -0.309. The number of rotatable bonds is 4. The van der Waals surface area contributed by atoms with Gasteiger partial charge in [0.25, 0.3) is 0 Å². The Kier molecular flexibility index (Phi) is 3.09. The maximum atomic E-state index is 12.0. The number of imide groups is 1. The van der Waals surface area contributed by atoms with Crippen LogP contribution in [0.3, 0.4) is 0 Å². The van der Waals surface area contributed by atoms with Gasteiger partial charge in [0, 0.05) is 13.6 Å². The molecule has 102 valence electrons. The molecule has 2 aliphatic rings. The monoisotopic (exact) mass is 263 g/mol. The maximum absolute atomic E-state index is 12.0. The standard InChI is InChI=1S/C13H17N3O3/c1-13(2)9-10(13)12(19)16(11(9)18)7-8(17)15(3)6-4-5-14/h9-10H,4,6-7H2,1-3H3. The number of likely N-dealkylation sites (tertiary alicyclic amines) is 1. The van der Waals surface area contributed by atoms with Crippen LogP contribution >= 0.6 is 0 Å². The number of piperidine rings is 1. The highest BCUT2D eigenvalue weighted by Crippen LogP contribution is 2.63. The topological polar surface area (TPSA) is 81.5 Å². The van der Waals surface area contributed by atoms with Crippen molar-refractivity contribution >= 4 is 17.7 Å². The first-order valence-electron chi connectivity index (χ1n) is 6.28. The third-order valence-electron chi connectivity index (χ3n) is 4.17. The van der Waals surface area contributed by atoms with Crippen LogP contribution < -0.4 is 0 Å². The van der Waals surface area contributed by atoms with E-state index in [2.05, 4.69) is 0 Å². The summed E-state index contributed by atoms with van der Waals surface area (Å²) in [6.45, 7) is 3.90. The molecule has 0 aromatic carbocycles. The van der Waals surface area contributed by atoms with E-state index in [1.54, 1.807) is 7.05 Å². The Labute approximate surface area is 112 Å². The summed E-state index contributed by atoms with van der Waals surface area (Å²) in [4.78, 5) is 38.3. The fraction of sp³-hybridized carbons (Fsp3) is 0.692. The Morgan fingerprint density at radius 3 is 2.37 bits per heavy atom. The van der Waals surface area contributed by atoms with E-state index in [1.165, 1.54) is 4.90 Å². The first-order chi connectivity index (χ1) is 8.82. The second-order valence-corrected chi connectivity index (χ2v) is 5.76. The molecule has 6 heteroatoms. The van der Waals surface area contributed by atoms with E-state index in [9.17, 15) is 14.4 Å². The summed E-state index contributed by atoms with van der Waals surface area (Å²) >= 11 is 0. The van der Waals surface area contributed by atoms with Gasteiger partial charge in [0.15, 0.2) is 0 Å². The summed E-state index contributed by atoms with van der Waals surface area (Å²) in [6, 6.07) is 1.95. The van der Waals surface area contributed by atoms with Crippen LogP contribution in [-0.4, -0.2) is 47.7 Å². The van der Waals surface area contributed by atoms with Crippen molar-refractivity contribution in [3.05, 3.63) is 0 Å². The molecule has 0 radical (unpaired) electrons. The van der Waals surface area contributed by atoms with Crippen molar-refractivity contribution in [3.63, 3.8) is 0 Å². The predicted molar refractivity (Wildman–Crippen MR) is 65.3 cm³/mol. The van der Waals surface area contributed by atoms with Gasteiger partial charge < -0.3 is 4.90 Å². The lowest BCUT2D eigenvalue weighted by Crippen LogP contribution is -2.44. The second-order valence-electron chi connectivity index (χ2n) is 5.76. The van der Waals surface area contributed by atoms with Crippen LogP contribution in [0.15, 0.2) is 0 Å². The number of hydrogen-bond acceptors (Lipinski definition) is 4. The number of carbonyl (C=O) groups excluding carboxylic acids is 3. The number of nitrogens with zero attached hydrogens (tertiary/aromatic N) is 3. The highest BCUT2D eigenvalue weighted by Gasteiger charge is 2.72. The Bertz CT molecular complexity index is 468. The van der Waals surface area contributed by atoms with Gasteiger partial charge in [0.05, 0.1) is 24.3 Å². The molecular formula is C13H17N3O3. The van der Waals surface area contributed by atoms with E-state index in [-0.39, 0.29) is 47.9 Å². The maximum Gasteiger partial charge on any atom is 0.242 e. The molecule has 19 heavy (non-hydrogen) atoms. The summed E-state index contributed by atoms with van der Waals surface area (Å²) in [5, 5.41) is 8.46. The first-order valence-corrected chi connectivity index (χ1v) is 6.28. The third-order valence-corrected chi connectivity index (χ3v) is 4.17. The lowest BCUT2D eigenvalue weighted by molar-refractivity contribution is -0.148. The summed E-state index contributed by atoms with van der Waals surface area (Å²) in [7, 11) is 1.56. The van der Waals surface area contributed by atoms with Crippen LogP contribution in [0, 0.1) is 28.6 Å². The van der Waals surface area contributed by atoms with Gasteiger partial charge in [0.1, 0.15) is 6.54 Å². The smallest absolute Gasteiger partial charge is 0.242 e. The summed E-state index contributed by atoms with van der Waals surface area (Å²) in [6.07, 6.45) is 0.239. The number of fused-ring (bicyclic) bond motifs is 1.